The van der Waals surface area contributed by atoms with Gasteiger partial charge >= 0.3 is 0 Å². The number of aliphatic hydroxyl groups is 1. The largest absolute Gasteiger partial charge is 0.459 e. The number of hydrogen-bond acceptors (Lipinski definition) is 6. The quantitative estimate of drug-likeness (QED) is 0.772. The summed E-state index contributed by atoms with van der Waals surface area (Å²) in [6, 6.07) is 3.47. The third-order valence-electron chi connectivity index (χ3n) is 3.16. The molecule has 120 valence electrons. The molecule has 0 spiro atoms. The molecule has 2 aromatic rings. The first-order chi connectivity index (χ1) is 10.6. The van der Waals surface area contributed by atoms with E-state index < -0.39 is 0 Å². The summed E-state index contributed by atoms with van der Waals surface area (Å²) in [5.41, 5.74) is 0.593. The third kappa shape index (κ3) is 4.38. The second kappa shape index (κ2) is 8.05. The van der Waals surface area contributed by atoms with Crippen molar-refractivity contribution in [2.24, 2.45) is 0 Å². The number of carbonyl (C=O) groups excluding carboxylic acids is 1. The minimum atomic E-state index is -0.130. The summed E-state index contributed by atoms with van der Waals surface area (Å²) in [5.74, 6) is 2.15. The Balaban J connectivity index is 1.99. The van der Waals surface area contributed by atoms with E-state index in [0.717, 1.165) is 5.75 Å². The molecule has 0 aliphatic rings. The second-order valence-corrected chi connectivity index (χ2v) is 5.82. The van der Waals surface area contributed by atoms with Gasteiger partial charge in [-0.2, -0.15) is 11.8 Å². The summed E-state index contributed by atoms with van der Waals surface area (Å²) in [7, 11) is 0. The number of aliphatic hydroxyl groups excluding tert-OH is 1. The molecule has 0 saturated heterocycles. The molecule has 7 heteroatoms. The van der Waals surface area contributed by atoms with E-state index in [1.807, 2.05) is 6.26 Å². The standard InChI is InChI=1S/C15H20N2O4S/c1-10-12(17-15(21-10)13-4-3-7-20-13)8-14(19)16-11(5-6-18)9-22-2/h3-4,7,11,18H,5-6,8-9H2,1-2H3,(H,16,19). The highest BCUT2D eigenvalue weighted by Crippen LogP contribution is 2.22. The van der Waals surface area contributed by atoms with Gasteiger partial charge in [0, 0.05) is 18.4 Å². The zero-order chi connectivity index (χ0) is 15.9. The number of nitrogens with one attached hydrogen (secondary N) is 1. The summed E-state index contributed by atoms with van der Waals surface area (Å²) in [6.07, 6.45) is 4.20. The van der Waals surface area contributed by atoms with Crippen LogP contribution in [0.5, 0.6) is 0 Å². The number of oxazole rings is 1. The Morgan fingerprint density at radius 1 is 1.55 bits per heavy atom. The van der Waals surface area contributed by atoms with E-state index >= 15 is 0 Å². The highest BCUT2D eigenvalue weighted by molar-refractivity contribution is 7.98. The minimum absolute atomic E-state index is 0.0377. The summed E-state index contributed by atoms with van der Waals surface area (Å²) in [4.78, 5) is 16.4. The number of aryl methyl sites for hydroxylation is 1. The van der Waals surface area contributed by atoms with Gasteiger partial charge in [-0.05, 0) is 31.7 Å². The lowest BCUT2D eigenvalue weighted by Crippen LogP contribution is -2.38. The lowest BCUT2D eigenvalue weighted by Gasteiger charge is -2.16. The van der Waals surface area contributed by atoms with E-state index in [4.69, 9.17) is 13.9 Å². The fourth-order valence-electron chi connectivity index (χ4n) is 2.08. The molecule has 2 rings (SSSR count). The van der Waals surface area contributed by atoms with Crippen LogP contribution in [-0.2, 0) is 11.2 Å². The smallest absolute Gasteiger partial charge is 0.263 e. The van der Waals surface area contributed by atoms with Gasteiger partial charge in [0.15, 0.2) is 5.76 Å². The SMILES string of the molecule is CSCC(CCO)NC(=O)Cc1nc(-c2ccco2)oc1C. The van der Waals surface area contributed by atoms with Gasteiger partial charge in [0.05, 0.1) is 18.4 Å². The molecule has 0 bridgehead atoms. The van der Waals surface area contributed by atoms with E-state index in [1.165, 1.54) is 0 Å². The molecule has 0 fully saturated rings. The third-order valence-corrected chi connectivity index (χ3v) is 3.90. The van der Waals surface area contributed by atoms with Crippen molar-refractivity contribution in [3.05, 3.63) is 29.9 Å². The Labute approximate surface area is 133 Å². The monoisotopic (exact) mass is 324 g/mol. The molecule has 1 unspecified atom stereocenters. The molecule has 2 aromatic heterocycles. The number of carbonyl (C=O) groups is 1. The topological polar surface area (TPSA) is 88.5 Å². The lowest BCUT2D eigenvalue weighted by atomic mass is 10.2. The first kappa shape index (κ1) is 16.6. The van der Waals surface area contributed by atoms with Crippen molar-refractivity contribution >= 4 is 17.7 Å². The van der Waals surface area contributed by atoms with Crippen LogP contribution >= 0.6 is 11.8 Å². The molecule has 22 heavy (non-hydrogen) atoms. The highest BCUT2D eigenvalue weighted by Gasteiger charge is 2.18. The van der Waals surface area contributed by atoms with Gasteiger partial charge in [0.2, 0.25) is 5.91 Å². The number of hydrogen-bond donors (Lipinski definition) is 2. The van der Waals surface area contributed by atoms with Crippen LogP contribution in [-0.4, -0.2) is 40.7 Å². The number of nitrogens with zero attached hydrogens (tertiary/aromatic N) is 1. The Morgan fingerprint density at radius 3 is 3.00 bits per heavy atom. The van der Waals surface area contributed by atoms with Gasteiger partial charge in [-0.1, -0.05) is 0 Å². The summed E-state index contributed by atoms with van der Waals surface area (Å²) in [6.45, 7) is 1.83. The van der Waals surface area contributed by atoms with E-state index in [1.54, 1.807) is 37.1 Å². The summed E-state index contributed by atoms with van der Waals surface area (Å²) < 4.78 is 10.8. The van der Waals surface area contributed by atoms with Gasteiger partial charge in [0.25, 0.3) is 5.89 Å². The Kier molecular flexibility index (Phi) is 6.09. The van der Waals surface area contributed by atoms with Gasteiger partial charge in [-0.25, -0.2) is 4.98 Å². The fraction of sp³-hybridized carbons (Fsp3) is 0.467. The first-order valence-corrected chi connectivity index (χ1v) is 8.42. The first-order valence-electron chi connectivity index (χ1n) is 7.03. The molecule has 0 aromatic carbocycles. The van der Waals surface area contributed by atoms with Gasteiger partial charge < -0.3 is 19.3 Å². The van der Waals surface area contributed by atoms with Gasteiger partial charge in [0.1, 0.15) is 5.76 Å². The van der Waals surface area contributed by atoms with E-state index in [0.29, 0.717) is 29.5 Å². The predicted molar refractivity (Wildman–Crippen MR) is 84.7 cm³/mol. The van der Waals surface area contributed by atoms with E-state index in [2.05, 4.69) is 10.3 Å². The van der Waals surface area contributed by atoms with Crippen molar-refractivity contribution in [1.29, 1.82) is 0 Å². The summed E-state index contributed by atoms with van der Waals surface area (Å²) in [5, 5.41) is 11.9. The Bertz CT molecular complexity index is 589. The van der Waals surface area contributed by atoms with Crippen LogP contribution in [0.25, 0.3) is 11.7 Å². The summed E-state index contributed by atoms with van der Waals surface area (Å²) >= 11 is 1.63. The number of amides is 1. The molecule has 6 nitrogen and oxygen atoms in total. The average molecular weight is 324 g/mol. The number of furan rings is 1. The molecule has 0 aliphatic carbocycles. The van der Waals surface area contributed by atoms with Crippen molar-refractivity contribution < 1.29 is 18.7 Å². The van der Waals surface area contributed by atoms with Crippen LogP contribution in [0.2, 0.25) is 0 Å². The van der Waals surface area contributed by atoms with Gasteiger partial charge in [-0.15, -0.1) is 0 Å². The zero-order valence-corrected chi connectivity index (χ0v) is 13.5. The fourth-order valence-corrected chi connectivity index (χ4v) is 2.74. The van der Waals surface area contributed by atoms with E-state index in [9.17, 15) is 4.79 Å². The maximum Gasteiger partial charge on any atom is 0.263 e. The maximum absolute atomic E-state index is 12.1. The lowest BCUT2D eigenvalue weighted by molar-refractivity contribution is -0.121. The highest BCUT2D eigenvalue weighted by atomic mass is 32.2. The molecular weight excluding hydrogens is 304 g/mol. The molecular formula is C15H20N2O4S. The number of rotatable bonds is 8. The van der Waals surface area contributed by atoms with Crippen LogP contribution in [0, 0.1) is 6.92 Å². The van der Waals surface area contributed by atoms with Crippen molar-refractivity contribution in [2.75, 3.05) is 18.6 Å². The van der Waals surface area contributed by atoms with Crippen LogP contribution in [0.15, 0.2) is 27.2 Å². The van der Waals surface area contributed by atoms with Crippen LogP contribution in [0.3, 0.4) is 0 Å². The number of thioether (sulfide) groups is 1. The molecule has 1 atom stereocenters. The normalized spacial score (nSPS) is 12.3. The predicted octanol–water partition coefficient (Wildman–Crippen LogP) is 2.02. The molecule has 0 saturated carbocycles. The van der Waals surface area contributed by atoms with Crippen LogP contribution < -0.4 is 5.32 Å². The molecule has 1 amide bonds. The molecule has 0 radical (unpaired) electrons. The second-order valence-electron chi connectivity index (χ2n) is 4.91. The van der Waals surface area contributed by atoms with Crippen LogP contribution in [0.4, 0.5) is 0 Å². The zero-order valence-electron chi connectivity index (χ0n) is 12.7. The Morgan fingerprint density at radius 2 is 2.36 bits per heavy atom. The number of aromatic nitrogens is 1. The van der Waals surface area contributed by atoms with Crippen molar-refractivity contribution in [3.63, 3.8) is 0 Å². The van der Waals surface area contributed by atoms with Crippen molar-refractivity contribution in [3.8, 4) is 11.7 Å². The minimum Gasteiger partial charge on any atom is -0.459 e. The van der Waals surface area contributed by atoms with E-state index in [-0.39, 0.29) is 25.0 Å². The van der Waals surface area contributed by atoms with Crippen molar-refractivity contribution in [1.82, 2.24) is 10.3 Å². The Hall–Kier alpha value is -1.73. The molecule has 2 N–H and O–H groups in total. The van der Waals surface area contributed by atoms with Crippen molar-refractivity contribution in [2.45, 2.75) is 25.8 Å². The maximum atomic E-state index is 12.1. The van der Waals surface area contributed by atoms with Crippen LogP contribution in [0.1, 0.15) is 17.9 Å². The van der Waals surface area contributed by atoms with Gasteiger partial charge in [-0.3, -0.25) is 4.79 Å². The molecule has 0 aliphatic heterocycles. The average Bonchev–Trinajstić information content (AvgIpc) is 3.10. The molecule has 2 heterocycles.